The van der Waals surface area contributed by atoms with Gasteiger partial charge in [-0.05, 0) is 17.7 Å². The second-order valence-corrected chi connectivity index (χ2v) is 14.4. The van der Waals surface area contributed by atoms with Gasteiger partial charge in [0.1, 0.15) is 73.2 Å². The molecule has 2 aromatic rings. The third-order valence-electron chi connectivity index (χ3n) is 10.8. The highest BCUT2D eigenvalue weighted by atomic mass is 16.8. The van der Waals surface area contributed by atoms with Gasteiger partial charge in [0.05, 0.1) is 53.2 Å². The van der Waals surface area contributed by atoms with Crippen LogP contribution in [0.2, 0.25) is 0 Å². The first-order chi connectivity index (χ1) is 28.3. The van der Waals surface area contributed by atoms with Crippen LogP contribution in [-0.4, -0.2) is 201 Å². The highest BCUT2D eigenvalue weighted by Crippen LogP contribution is 2.52. The number of rotatable bonds is 15. The van der Waals surface area contributed by atoms with Gasteiger partial charge in [0.25, 0.3) is 0 Å². The molecule has 3 fully saturated rings. The zero-order chi connectivity index (χ0) is 42.7. The minimum Gasteiger partial charge on any atom is -0.493 e. The van der Waals surface area contributed by atoms with Gasteiger partial charge in [0.2, 0.25) is 6.29 Å². The van der Waals surface area contributed by atoms with Crippen molar-refractivity contribution >= 4 is 6.08 Å². The summed E-state index contributed by atoms with van der Waals surface area (Å²) in [6.07, 6.45) is -24.1. The maximum Gasteiger partial charge on any atom is 0.229 e. The normalized spacial score (nSPS) is 38.5. The Morgan fingerprint density at radius 2 is 1.17 bits per heavy atom. The van der Waals surface area contributed by atoms with Gasteiger partial charge in [-0.15, -0.1) is 0 Å². The molecule has 0 amide bonds. The van der Waals surface area contributed by atoms with Crippen molar-refractivity contribution in [1.29, 1.82) is 0 Å². The summed E-state index contributed by atoms with van der Waals surface area (Å²) < 4.78 is 52.9. The van der Waals surface area contributed by atoms with Crippen LogP contribution in [0.15, 0.2) is 36.4 Å². The van der Waals surface area contributed by atoms with Crippen molar-refractivity contribution in [2.45, 2.75) is 104 Å². The van der Waals surface area contributed by atoms with Crippen molar-refractivity contribution in [2.24, 2.45) is 0 Å². The van der Waals surface area contributed by atoms with E-state index in [1.54, 1.807) is 30.3 Å². The summed E-state index contributed by atoms with van der Waals surface area (Å²) in [5.74, 6) is 0.259. The van der Waals surface area contributed by atoms with Gasteiger partial charge in [-0.25, -0.2) is 0 Å². The van der Waals surface area contributed by atoms with E-state index in [4.69, 9.17) is 42.6 Å². The van der Waals surface area contributed by atoms with Gasteiger partial charge >= 0.3 is 0 Å². The van der Waals surface area contributed by atoms with Crippen LogP contribution in [0, 0.1) is 0 Å². The fourth-order valence-corrected chi connectivity index (χ4v) is 7.58. The monoisotopic (exact) mass is 844 g/mol. The fourth-order valence-electron chi connectivity index (χ4n) is 7.58. The van der Waals surface area contributed by atoms with Crippen molar-refractivity contribution in [1.82, 2.24) is 0 Å². The Hall–Kier alpha value is -3.30. The highest BCUT2D eigenvalue weighted by molar-refractivity contribution is 5.66. The third kappa shape index (κ3) is 8.89. The number of fused-ring (bicyclic) bond motifs is 1. The van der Waals surface area contributed by atoms with Crippen molar-refractivity contribution in [3.63, 3.8) is 0 Å². The van der Waals surface area contributed by atoms with Crippen LogP contribution in [0.3, 0.4) is 0 Å². The molecule has 0 spiro atoms. The molecule has 0 unspecified atom stereocenters. The molecule has 4 heterocycles. The van der Waals surface area contributed by atoms with Gasteiger partial charge in [-0.3, -0.25) is 0 Å². The summed E-state index contributed by atoms with van der Waals surface area (Å²) >= 11 is 0. The lowest BCUT2D eigenvalue weighted by Crippen LogP contribution is -2.67. The van der Waals surface area contributed by atoms with Gasteiger partial charge in [0.15, 0.2) is 41.7 Å². The molecule has 3 saturated heterocycles. The molecule has 21 heteroatoms. The number of methoxy groups -OCH3 is 2. The van der Waals surface area contributed by atoms with Crippen LogP contribution < -0.4 is 18.9 Å². The molecule has 0 saturated carbocycles. The summed E-state index contributed by atoms with van der Waals surface area (Å²) in [5, 5.41) is 124. The minimum absolute atomic E-state index is 0.0339. The lowest BCUT2D eigenvalue weighted by Gasteiger charge is -2.48. The van der Waals surface area contributed by atoms with Crippen LogP contribution in [0.25, 0.3) is 6.08 Å². The number of aliphatic hydroxyl groups is 12. The van der Waals surface area contributed by atoms with Gasteiger partial charge < -0.3 is 104 Å². The maximum absolute atomic E-state index is 11.4. The molecule has 2 aromatic carbocycles. The molecule has 4 aliphatic heterocycles. The van der Waals surface area contributed by atoms with E-state index in [1.807, 2.05) is 0 Å². The van der Waals surface area contributed by atoms with Crippen LogP contribution in [0.5, 0.6) is 23.0 Å². The second kappa shape index (κ2) is 19.6. The largest absolute Gasteiger partial charge is 0.493 e. The lowest BCUT2D eigenvalue weighted by molar-refractivity contribution is -0.384. The van der Waals surface area contributed by atoms with Crippen molar-refractivity contribution in [3.05, 3.63) is 53.1 Å². The van der Waals surface area contributed by atoms with E-state index < -0.39 is 124 Å². The Bertz CT molecular complexity index is 1710. The van der Waals surface area contributed by atoms with E-state index in [2.05, 4.69) is 0 Å². The van der Waals surface area contributed by atoms with E-state index in [0.29, 0.717) is 28.2 Å². The molecular formula is C38H52O21. The van der Waals surface area contributed by atoms with E-state index in [-0.39, 0.29) is 24.7 Å². The molecule has 17 atom stereocenters. The number of benzene rings is 2. The Morgan fingerprint density at radius 3 is 1.71 bits per heavy atom. The van der Waals surface area contributed by atoms with Gasteiger partial charge in [-0.1, -0.05) is 30.4 Å². The molecule has 6 rings (SSSR count). The molecule has 4 aliphatic rings. The summed E-state index contributed by atoms with van der Waals surface area (Å²) in [6.45, 7) is -3.00. The summed E-state index contributed by atoms with van der Waals surface area (Å²) in [7, 11) is 2.80. The molecule has 0 bridgehead atoms. The third-order valence-corrected chi connectivity index (χ3v) is 10.8. The summed E-state index contributed by atoms with van der Waals surface area (Å²) in [5.41, 5.74) is 1.81. The lowest BCUT2D eigenvalue weighted by atomic mass is 9.91. The van der Waals surface area contributed by atoms with Crippen molar-refractivity contribution < 1.29 is 104 Å². The molecule has 59 heavy (non-hydrogen) atoms. The number of hydrogen-bond acceptors (Lipinski definition) is 21. The van der Waals surface area contributed by atoms with E-state index in [1.165, 1.54) is 26.4 Å². The van der Waals surface area contributed by atoms with Gasteiger partial charge in [0, 0.05) is 11.1 Å². The molecule has 12 N–H and O–H groups in total. The molecule has 330 valence electrons. The SMILES string of the molecule is COc1cc([C@@H]2Oc3c(ccc(/C=C/CO)c3OC)[C@H]2CO)ccc1O[C@@H]1O[C@H](CO)[C@@H](O)[C@H](O[C@@H]2O[C@H](CO)[C@@H](O)[C@H](O)[C@H]2O)[C@H]1O[C@@H]1O[C@H](CO)[C@@H](O)[C@H](O)[C@H]1O. The Balaban J connectivity index is 1.34. The maximum atomic E-state index is 11.4. The Morgan fingerprint density at radius 1 is 0.593 bits per heavy atom. The predicted octanol–water partition coefficient (Wildman–Crippen LogP) is -4.25. The first-order valence-electron chi connectivity index (χ1n) is 18.8. The quantitative estimate of drug-likeness (QED) is 0.0808. The molecular weight excluding hydrogens is 792 g/mol. The van der Waals surface area contributed by atoms with E-state index >= 15 is 0 Å². The van der Waals surface area contributed by atoms with Crippen molar-refractivity contribution in [2.75, 3.05) is 47.3 Å². The van der Waals surface area contributed by atoms with Crippen LogP contribution in [0.1, 0.15) is 28.7 Å². The topological polar surface area (TPSA) is 326 Å². The van der Waals surface area contributed by atoms with E-state index in [0.717, 1.165) is 0 Å². The molecule has 21 nitrogen and oxygen atoms in total. The Labute approximate surface area is 337 Å². The predicted molar refractivity (Wildman–Crippen MR) is 195 cm³/mol. The highest BCUT2D eigenvalue weighted by Gasteiger charge is 2.55. The Kier molecular flexibility index (Phi) is 15.0. The zero-order valence-corrected chi connectivity index (χ0v) is 31.9. The first-order valence-corrected chi connectivity index (χ1v) is 18.8. The minimum atomic E-state index is -1.97. The molecule has 0 radical (unpaired) electrons. The summed E-state index contributed by atoms with van der Waals surface area (Å²) in [4.78, 5) is 0. The first kappa shape index (κ1) is 45.2. The number of aliphatic hydroxyl groups excluding tert-OH is 12. The average Bonchev–Trinajstić information content (AvgIpc) is 3.63. The van der Waals surface area contributed by atoms with Crippen LogP contribution in [0.4, 0.5) is 0 Å². The fraction of sp³-hybridized carbons (Fsp3) is 0.632. The number of ether oxygens (including phenoxy) is 9. The van der Waals surface area contributed by atoms with E-state index in [9.17, 15) is 61.3 Å². The zero-order valence-electron chi connectivity index (χ0n) is 31.9. The molecule has 0 aliphatic carbocycles. The average molecular weight is 845 g/mol. The van der Waals surface area contributed by atoms with Crippen LogP contribution in [-0.2, 0) is 23.7 Å². The standard InChI is InChI=1S/C38H52O21/c1-51-20-10-16(31-18(11-40)17-7-5-15(4-3-9-39)32(52-2)33(17)57-31)6-8-19(20)53-38-35(59-37-30(50)28(48)25(45)22(13-42)55-37)34(26(46)23(14-43)56-38)58-36-29(49)27(47)24(44)21(12-41)54-36/h3-8,10,18,21-31,34-50H,9,11-14H2,1-2H3/b4-3+/t18-,21-,22-,23-,24-,25-,26-,27+,28+,29-,30-,31+,34+,35-,36+,37+,38-/m1/s1. The van der Waals surface area contributed by atoms with Gasteiger partial charge in [-0.2, -0.15) is 0 Å². The summed E-state index contributed by atoms with van der Waals surface area (Å²) in [6, 6.07) is 8.18. The smallest absolute Gasteiger partial charge is 0.229 e. The number of hydrogen-bond donors (Lipinski definition) is 12. The second-order valence-electron chi connectivity index (χ2n) is 14.4. The molecule has 0 aromatic heterocycles. The van der Waals surface area contributed by atoms with Crippen molar-refractivity contribution in [3.8, 4) is 23.0 Å². The van der Waals surface area contributed by atoms with Crippen LogP contribution >= 0.6 is 0 Å².